The van der Waals surface area contributed by atoms with Gasteiger partial charge in [0, 0.05) is 11.3 Å². The quantitative estimate of drug-likeness (QED) is 0.560. The fourth-order valence-electron chi connectivity index (χ4n) is 4.57. The molecule has 0 aromatic heterocycles. The third-order valence-corrected chi connectivity index (χ3v) is 8.33. The van der Waals surface area contributed by atoms with Crippen LogP contribution in [-0.4, -0.2) is 40.5 Å². The molecule has 1 aliphatic heterocycles. The number of hydrogen-bond donors (Lipinski definition) is 2. The summed E-state index contributed by atoms with van der Waals surface area (Å²) in [6, 6.07) is 10.8. The first-order valence-electron chi connectivity index (χ1n) is 11.1. The molecule has 2 N–H and O–H groups in total. The van der Waals surface area contributed by atoms with E-state index in [0.29, 0.717) is 23.5 Å². The number of amidine groups is 1. The van der Waals surface area contributed by atoms with E-state index < -0.39 is 42.9 Å². The number of ketones is 2. The third-order valence-electron chi connectivity index (χ3n) is 6.39. The number of rotatable bonds is 6. The molecule has 0 spiro atoms. The maximum Gasteiger partial charge on any atom is 0.286 e. The van der Waals surface area contributed by atoms with Gasteiger partial charge in [0.25, 0.3) is 10.0 Å². The molecular weight excluding hydrogens is 490 g/mol. The number of sulfonamides is 2. The molecule has 4 rings (SSSR count). The Morgan fingerprint density at radius 1 is 1.14 bits per heavy atom. The number of anilines is 2. The van der Waals surface area contributed by atoms with Crippen molar-refractivity contribution in [3.63, 3.8) is 0 Å². The van der Waals surface area contributed by atoms with Crippen LogP contribution in [0.5, 0.6) is 0 Å². The summed E-state index contributed by atoms with van der Waals surface area (Å²) in [5.74, 6) is -2.23. The van der Waals surface area contributed by atoms with Gasteiger partial charge >= 0.3 is 0 Å². The summed E-state index contributed by atoms with van der Waals surface area (Å²) < 4.78 is 55.2. The number of nitrogens with zero attached hydrogens (tertiary/aromatic N) is 1. The van der Waals surface area contributed by atoms with Crippen molar-refractivity contribution in [1.82, 2.24) is 0 Å². The Morgan fingerprint density at radius 3 is 2.49 bits per heavy atom. The molecule has 0 saturated carbocycles. The molecule has 2 atom stereocenters. The van der Waals surface area contributed by atoms with Gasteiger partial charge in [-0.1, -0.05) is 38.1 Å². The van der Waals surface area contributed by atoms with Crippen molar-refractivity contribution in [2.45, 2.75) is 43.9 Å². The smallest absolute Gasteiger partial charge is 0.286 e. The summed E-state index contributed by atoms with van der Waals surface area (Å²) in [6.07, 6.45) is 2.19. The van der Waals surface area contributed by atoms with E-state index in [4.69, 9.17) is 0 Å². The molecule has 186 valence electrons. The molecule has 0 radical (unpaired) electrons. The van der Waals surface area contributed by atoms with Gasteiger partial charge in [0.2, 0.25) is 10.0 Å². The molecule has 0 saturated heterocycles. The van der Waals surface area contributed by atoms with Gasteiger partial charge in [0.05, 0.1) is 17.4 Å². The van der Waals surface area contributed by atoms with E-state index in [1.807, 2.05) is 13.8 Å². The molecule has 0 fully saturated rings. The van der Waals surface area contributed by atoms with E-state index >= 15 is 0 Å². The minimum absolute atomic E-state index is 0.0512. The lowest BCUT2D eigenvalue weighted by atomic mass is 9.63. The van der Waals surface area contributed by atoms with Crippen molar-refractivity contribution in [1.29, 1.82) is 0 Å². The minimum atomic E-state index is -4.32. The van der Waals surface area contributed by atoms with Crippen LogP contribution >= 0.6 is 0 Å². The number of hydrogen-bond acceptors (Lipinski definition) is 7. The zero-order chi connectivity index (χ0) is 25.8. The fourth-order valence-corrected chi connectivity index (χ4v) is 6.31. The van der Waals surface area contributed by atoms with Crippen molar-refractivity contribution in [2.24, 2.45) is 16.2 Å². The molecule has 2 aliphatic rings. The van der Waals surface area contributed by atoms with E-state index in [9.17, 15) is 26.4 Å². The molecule has 1 aliphatic carbocycles. The minimum Gasteiger partial charge on any atom is -0.341 e. The predicted octanol–water partition coefficient (Wildman–Crippen LogP) is 3.35. The highest BCUT2D eigenvalue weighted by molar-refractivity contribution is 7.92. The van der Waals surface area contributed by atoms with Crippen LogP contribution in [0, 0.1) is 11.8 Å². The average Bonchev–Trinajstić information content (AvgIpc) is 2.76. The summed E-state index contributed by atoms with van der Waals surface area (Å²) in [6.45, 7) is 5.90. The van der Waals surface area contributed by atoms with Crippen molar-refractivity contribution in [2.75, 3.05) is 16.3 Å². The SMILES string of the molecule is CC(C)CC[C@]1(C)C(=O)C(C2=NS(=O)(=O)c3cc(NS(C)(=O)=O)ccc3N2)C(=O)c2ccccc21. The number of carbonyl (C=O) groups is 2. The van der Waals surface area contributed by atoms with Gasteiger partial charge in [0.15, 0.2) is 11.6 Å². The second kappa shape index (κ2) is 8.56. The third kappa shape index (κ3) is 4.62. The largest absolute Gasteiger partial charge is 0.341 e. The number of benzene rings is 2. The van der Waals surface area contributed by atoms with Crippen LogP contribution in [0.4, 0.5) is 11.4 Å². The van der Waals surface area contributed by atoms with Gasteiger partial charge in [-0.3, -0.25) is 14.3 Å². The fraction of sp³-hybridized carbons (Fsp3) is 0.375. The highest BCUT2D eigenvalue weighted by Crippen LogP contribution is 2.43. The van der Waals surface area contributed by atoms with Gasteiger partial charge in [-0.2, -0.15) is 8.42 Å². The van der Waals surface area contributed by atoms with E-state index in [0.717, 1.165) is 18.7 Å². The van der Waals surface area contributed by atoms with E-state index in [2.05, 4.69) is 14.4 Å². The van der Waals surface area contributed by atoms with Crippen molar-refractivity contribution in [3.05, 3.63) is 53.6 Å². The Morgan fingerprint density at radius 2 is 1.83 bits per heavy atom. The molecule has 2 aromatic carbocycles. The van der Waals surface area contributed by atoms with Crippen molar-refractivity contribution in [3.8, 4) is 0 Å². The number of Topliss-reactive ketones (excluding diaryl/α,β-unsaturated/α-hetero) is 2. The molecule has 9 nitrogen and oxygen atoms in total. The summed E-state index contributed by atoms with van der Waals surface area (Å²) in [5, 5.41) is 2.86. The molecule has 35 heavy (non-hydrogen) atoms. The Kier molecular flexibility index (Phi) is 6.13. The second-order valence-corrected chi connectivity index (χ2v) is 13.0. The molecular formula is C24H27N3O6S2. The topological polar surface area (TPSA) is 139 Å². The van der Waals surface area contributed by atoms with Gasteiger partial charge < -0.3 is 5.32 Å². The summed E-state index contributed by atoms with van der Waals surface area (Å²) in [4.78, 5) is 27.1. The monoisotopic (exact) mass is 517 g/mol. The Bertz CT molecular complexity index is 1480. The molecule has 1 unspecified atom stereocenters. The Labute approximate surface area is 205 Å². The van der Waals surface area contributed by atoms with Crippen molar-refractivity contribution >= 4 is 48.8 Å². The first kappa shape index (κ1) is 25.1. The lowest BCUT2D eigenvalue weighted by Gasteiger charge is -2.39. The lowest BCUT2D eigenvalue weighted by molar-refractivity contribution is -0.125. The molecule has 0 amide bonds. The average molecular weight is 518 g/mol. The first-order valence-corrected chi connectivity index (χ1v) is 14.5. The van der Waals surface area contributed by atoms with Gasteiger partial charge in [-0.05, 0) is 49.4 Å². The van der Waals surface area contributed by atoms with Crippen LogP contribution in [0.25, 0.3) is 0 Å². The molecule has 1 heterocycles. The van der Waals surface area contributed by atoms with Crippen LogP contribution in [-0.2, 0) is 30.3 Å². The summed E-state index contributed by atoms with van der Waals surface area (Å²) in [5.41, 5.74) is 0.191. The van der Waals surface area contributed by atoms with Gasteiger partial charge in [-0.25, -0.2) is 8.42 Å². The maximum atomic E-state index is 13.9. The highest BCUT2D eigenvalue weighted by Gasteiger charge is 2.51. The van der Waals surface area contributed by atoms with E-state index in [1.54, 1.807) is 31.2 Å². The predicted molar refractivity (Wildman–Crippen MR) is 134 cm³/mol. The summed E-state index contributed by atoms with van der Waals surface area (Å²) in [7, 11) is -7.95. The maximum absolute atomic E-state index is 13.9. The van der Waals surface area contributed by atoms with Gasteiger partial charge in [-0.15, -0.1) is 4.40 Å². The van der Waals surface area contributed by atoms with Crippen LogP contribution < -0.4 is 10.0 Å². The lowest BCUT2D eigenvalue weighted by Crippen LogP contribution is -2.51. The van der Waals surface area contributed by atoms with Crippen LogP contribution in [0.15, 0.2) is 51.8 Å². The second-order valence-electron chi connectivity index (χ2n) is 9.63. The zero-order valence-electron chi connectivity index (χ0n) is 19.8. The Hall–Kier alpha value is -3.05. The molecule has 0 bridgehead atoms. The van der Waals surface area contributed by atoms with Crippen LogP contribution in [0.2, 0.25) is 0 Å². The Balaban J connectivity index is 1.79. The van der Waals surface area contributed by atoms with E-state index in [-0.39, 0.29) is 22.1 Å². The normalized spacial score (nSPS) is 23.2. The van der Waals surface area contributed by atoms with E-state index in [1.165, 1.54) is 12.1 Å². The van der Waals surface area contributed by atoms with Gasteiger partial charge in [0.1, 0.15) is 16.6 Å². The standard InChI is InChI=1S/C24H27N3O6S2/c1-14(2)11-12-24(3)17-8-6-5-7-16(17)21(28)20(22(24)29)23-25-18-10-9-15(26-34(4,30)31)13-19(18)35(32,33)27-23/h5-10,13-14,20,26H,11-12H2,1-4H3,(H,25,27)/t20?,24-/m0/s1. The highest BCUT2D eigenvalue weighted by atomic mass is 32.2. The summed E-state index contributed by atoms with van der Waals surface area (Å²) >= 11 is 0. The number of nitrogens with one attached hydrogen (secondary N) is 2. The first-order chi connectivity index (χ1) is 16.2. The number of fused-ring (bicyclic) bond motifs is 2. The number of carbonyl (C=O) groups excluding carboxylic acids is 2. The zero-order valence-corrected chi connectivity index (χ0v) is 21.5. The molecule has 2 aromatic rings. The van der Waals surface area contributed by atoms with Crippen LogP contribution in [0.1, 0.15) is 49.5 Å². The van der Waals surface area contributed by atoms with Crippen LogP contribution in [0.3, 0.4) is 0 Å². The molecule has 11 heteroatoms. The van der Waals surface area contributed by atoms with Crippen molar-refractivity contribution < 1.29 is 26.4 Å².